The Balaban J connectivity index is 1.99. The summed E-state index contributed by atoms with van der Waals surface area (Å²) in [5.74, 6) is -0.342. The van der Waals surface area contributed by atoms with E-state index in [1.807, 2.05) is 18.2 Å². The average molecular weight is 459 g/mol. The Kier molecular flexibility index (Phi) is 6.16. The van der Waals surface area contributed by atoms with E-state index in [1.54, 1.807) is 61.6 Å². The minimum atomic E-state index is -3.92. The number of carbonyl (C=O) groups excluding carboxylic acids is 1. The van der Waals surface area contributed by atoms with E-state index < -0.39 is 10.0 Å². The summed E-state index contributed by atoms with van der Waals surface area (Å²) in [6, 6.07) is 24.1. The molecule has 0 bridgehead atoms. The quantitative estimate of drug-likeness (QED) is 0.552. The summed E-state index contributed by atoms with van der Waals surface area (Å²) in [6.07, 6.45) is 0. The first-order chi connectivity index (χ1) is 13.4. The molecule has 3 rings (SSSR count). The second-order valence-corrected chi connectivity index (χ2v) is 8.87. The number of anilines is 2. The SMILES string of the molecule is CN(C(=O)CN(c1cccc(Br)c1)S(=O)(=O)c1ccccc1)c1ccccc1. The van der Waals surface area contributed by atoms with Gasteiger partial charge in [0.2, 0.25) is 5.91 Å². The standard InChI is InChI=1S/C21H19BrN2O3S/c1-23(18-10-4-2-5-11-18)21(25)16-24(19-12-8-9-17(22)15-19)28(26,27)20-13-6-3-7-14-20/h2-15H,16H2,1H3. The van der Waals surface area contributed by atoms with Gasteiger partial charge in [-0.25, -0.2) is 8.42 Å². The molecule has 0 saturated heterocycles. The van der Waals surface area contributed by atoms with Crippen molar-refractivity contribution in [1.29, 1.82) is 0 Å². The average Bonchev–Trinajstić information content (AvgIpc) is 2.72. The lowest BCUT2D eigenvalue weighted by Gasteiger charge is -2.27. The van der Waals surface area contributed by atoms with Crippen LogP contribution in [0.15, 0.2) is 94.3 Å². The lowest BCUT2D eigenvalue weighted by Crippen LogP contribution is -2.41. The number of carbonyl (C=O) groups is 1. The van der Waals surface area contributed by atoms with Gasteiger partial charge in [-0.1, -0.05) is 58.4 Å². The number of benzene rings is 3. The van der Waals surface area contributed by atoms with Gasteiger partial charge < -0.3 is 4.90 Å². The Morgan fingerprint density at radius 2 is 1.43 bits per heavy atom. The molecule has 7 heteroatoms. The Labute approximate surface area is 173 Å². The van der Waals surface area contributed by atoms with E-state index in [2.05, 4.69) is 15.9 Å². The van der Waals surface area contributed by atoms with Crippen molar-refractivity contribution in [3.63, 3.8) is 0 Å². The smallest absolute Gasteiger partial charge is 0.264 e. The maximum atomic E-state index is 13.3. The van der Waals surface area contributed by atoms with Crippen molar-refractivity contribution in [1.82, 2.24) is 0 Å². The highest BCUT2D eigenvalue weighted by Gasteiger charge is 2.28. The Hall–Kier alpha value is -2.64. The summed E-state index contributed by atoms with van der Waals surface area (Å²) in [4.78, 5) is 14.5. The first-order valence-electron chi connectivity index (χ1n) is 8.54. The van der Waals surface area contributed by atoms with E-state index >= 15 is 0 Å². The number of nitrogens with zero attached hydrogens (tertiary/aromatic N) is 2. The molecule has 28 heavy (non-hydrogen) atoms. The zero-order valence-corrected chi connectivity index (χ0v) is 17.6. The number of rotatable bonds is 6. The maximum Gasteiger partial charge on any atom is 0.264 e. The molecule has 0 spiro atoms. The minimum Gasteiger partial charge on any atom is -0.314 e. The molecule has 0 fully saturated rings. The third kappa shape index (κ3) is 4.43. The predicted octanol–water partition coefficient (Wildman–Crippen LogP) is 4.31. The fourth-order valence-electron chi connectivity index (χ4n) is 2.69. The number of hydrogen-bond donors (Lipinski definition) is 0. The molecule has 0 aromatic heterocycles. The Bertz CT molecular complexity index is 1060. The third-order valence-corrected chi connectivity index (χ3v) is 6.51. The van der Waals surface area contributed by atoms with E-state index in [0.29, 0.717) is 11.4 Å². The van der Waals surface area contributed by atoms with Crippen molar-refractivity contribution in [2.75, 3.05) is 22.8 Å². The van der Waals surface area contributed by atoms with Crippen molar-refractivity contribution in [3.05, 3.63) is 89.4 Å². The normalized spacial score (nSPS) is 11.1. The molecule has 0 radical (unpaired) electrons. The minimum absolute atomic E-state index is 0.130. The van der Waals surface area contributed by atoms with Gasteiger partial charge >= 0.3 is 0 Å². The van der Waals surface area contributed by atoms with Gasteiger partial charge in [-0.2, -0.15) is 0 Å². The highest BCUT2D eigenvalue weighted by Crippen LogP contribution is 2.26. The van der Waals surface area contributed by atoms with Crippen LogP contribution >= 0.6 is 15.9 Å². The lowest BCUT2D eigenvalue weighted by atomic mass is 10.3. The molecule has 144 valence electrons. The van der Waals surface area contributed by atoms with Gasteiger partial charge in [0.15, 0.2) is 0 Å². The Morgan fingerprint density at radius 3 is 2.04 bits per heavy atom. The summed E-state index contributed by atoms with van der Waals surface area (Å²) in [5, 5.41) is 0. The molecule has 3 aromatic carbocycles. The molecule has 3 aromatic rings. The molecule has 0 aliphatic heterocycles. The van der Waals surface area contributed by atoms with Crippen molar-refractivity contribution in [2.45, 2.75) is 4.90 Å². The van der Waals surface area contributed by atoms with Crippen molar-refractivity contribution < 1.29 is 13.2 Å². The van der Waals surface area contributed by atoms with Gasteiger partial charge in [-0.3, -0.25) is 9.10 Å². The van der Waals surface area contributed by atoms with E-state index in [1.165, 1.54) is 17.0 Å². The van der Waals surface area contributed by atoms with Crippen LogP contribution in [0.3, 0.4) is 0 Å². The zero-order chi connectivity index (χ0) is 20.1. The van der Waals surface area contributed by atoms with Crippen molar-refractivity contribution in [2.24, 2.45) is 0 Å². The zero-order valence-electron chi connectivity index (χ0n) is 15.2. The monoisotopic (exact) mass is 458 g/mol. The second kappa shape index (κ2) is 8.58. The van der Waals surface area contributed by atoms with Crippen LogP contribution in [0.2, 0.25) is 0 Å². The summed E-state index contributed by atoms with van der Waals surface area (Å²) < 4.78 is 28.4. The highest BCUT2D eigenvalue weighted by molar-refractivity contribution is 9.10. The van der Waals surface area contributed by atoms with Gasteiger partial charge in [0.25, 0.3) is 10.0 Å². The number of amides is 1. The van der Waals surface area contributed by atoms with Crippen LogP contribution in [-0.4, -0.2) is 27.9 Å². The van der Waals surface area contributed by atoms with E-state index in [0.717, 1.165) is 8.78 Å². The second-order valence-electron chi connectivity index (χ2n) is 6.09. The molecule has 0 saturated carbocycles. The molecule has 0 aliphatic rings. The van der Waals surface area contributed by atoms with Crippen LogP contribution in [0.25, 0.3) is 0 Å². The first kappa shape index (κ1) is 20.1. The molecule has 0 atom stereocenters. The number of hydrogen-bond acceptors (Lipinski definition) is 3. The molecular formula is C21H19BrN2O3S. The molecule has 0 N–H and O–H groups in total. The number of likely N-dealkylation sites (N-methyl/N-ethyl adjacent to an activating group) is 1. The predicted molar refractivity (Wildman–Crippen MR) is 115 cm³/mol. The summed E-state index contributed by atoms with van der Waals surface area (Å²) in [7, 11) is -2.29. The van der Waals surface area contributed by atoms with Gasteiger partial charge in [-0.15, -0.1) is 0 Å². The molecule has 0 aliphatic carbocycles. The molecular weight excluding hydrogens is 440 g/mol. The maximum absolute atomic E-state index is 13.3. The van der Waals surface area contributed by atoms with E-state index in [9.17, 15) is 13.2 Å². The molecule has 0 heterocycles. The van der Waals surface area contributed by atoms with Crippen molar-refractivity contribution in [3.8, 4) is 0 Å². The third-order valence-electron chi connectivity index (χ3n) is 4.22. The van der Waals surface area contributed by atoms with Crippen LogP contribution in [0.5, 0.6) is 0 Å². The van der Waals surface area contributed by atoms with Gasteiger partial charge in [-0.05, 0) is 42.5 Å². The topological polar surface area (TPSA) is 57.7 Å². The highest BCUT2D eigenvalue weighted by atomic mass is 79.9. The van der Waals surface area contributed by atoms with E-state index in [4.69, 9.17) is 0 Å². The molecule has 1 amide bonds. The van der Waals surface area contributed by atoms with Crippen LogP contribution in [0.4, 0.5) is 11.4 Å². The Morgan fingerprint density at radius 1 is 0.857 bits per heavy atom. The van der Waals surface area contributed by atoms with Gasteiger partial charge in [0, 0.05) is 17.2 Å². The molecule has 5 nitrogen and oxygen atoms in total. The lowest BCUT2D eigenvalue weighted by molar-refractivity contribution is -0.116. The first-order valence-corrected chi connectivity index (χ1v) is 10.8. The van der Waals surface area contributed by atoms with Crippen LogP contribution < -0.4 is 9.21 Å². The molecule has 0 unspecified atom stereocenters. The van der Waals surface area contributed by atoms with Crippen LogP contribution in [0, 0.1) is 0 Å². The number of halogens is 1. The fourth-order valence-corrected chi connectivity index (χ4v) is 4.50. The van der Waals surface area contributed by atoms with Crippen LogP contribution in [0.1, 0.15) is 0 Å². The van der Waals surface area contributed by atoms with E-state index in [-0.39, 0.29) is 17.3 Å². The fraction of sp³-hybridized carbons (Fsp3) is 0.0952. The van der Waals surface area contributed by atoms with Gasteiger partial charge in [0.1, 0.15) is 6.54 Å². The van der Waals surface area contributed by atoms with Crippen LogP contribution in [-0.2, 0) is 14.8 Å². The van der Waals surface area contributed by atoms with Crippen molar-refractivity contribution >= 4 is 43.2 Å². The summed E-state index contributed by atoms with van der Waals surface area (Å²) >= 11 is 3.37. The summed E-state index contributed by atoms with van der Waals surface area (Å²) in [6.45, 7) is -0.320. The largest absolute Gasteiger partial charge is 0.314 e. The number of para-hydroxylation sites is 1. The van der Waals surface area contributed by atoms with Gasteiger partial charge in [0.05, 0.1) is 10.6 Å². The summed E-state index contributed by atoms with van der Waals surface area (Å²) in [5.41, 5.74) is 1.10. The number of sulfonamides is 1.